The number of hydrogen-bond donors (Lipinski definition) is 0. The Kier molecular flexibility index (Phi) is 5.36. The Balaban J connectivity index is 1.58. The van der Waals surface area contributed by atoms with E-state index < -0.39 is 0 Å². The van der Waals surface area contributed by atoms with Gasteiger partial charge in [-0.3, -0.25) is 9.59 Å². The lowest BCUT2D eigenvalue weighted by Gasteiger charge is -2.26. The highest BCUT2D eigenvalue weighted by Gasteiger charge is 2.20. The molecule has 0 N–H and O–H groups in total. The van der Waals surface area contributed by atoms with E-state index in [0.717, 1.165) is 17.0 Å². The van der Waals surface area contributed by atoms with Gasteiger partial charge in [0.1, 0.15) is 11.4 Å². The van der Waals surface area contributed by atoms with Crippen LogP contribution in [0.25, 0.3) is 4.96 Å². The lowest BCUT2D eigenvalue weighted by molar-refractivity contribution is -0.134. The number of aromatic nitrogens is 3. The topological polar surface area (TPSA) is 86.0 Å². The summed E-state index contributed by atoms with van der Waals surface area (Å²) in [5, 5.41) is 6.33. The molecular formula is C19H20N4O4S. The zero-order valence-electron chi connectivity index (χ0n) is 15.5. The molecule has 0 unspecified atom stereocenters. The highest BCUT2D eigenvalue weighted by molar-refractivity contribution is 7.15. The Morgan fingerprint density at radius 1 is 1.25 bits per heavy atom. The van der Waals surface area contributed by atoms with Crippen LogP contribution in [0, 0.1) is 0 Å². The molecule has 146 valence electrons. The summed E-state index contributed by atoms with van der Waals surface area (Å²) < 4.78 is 12.1. The standard InChI is InChI=1S/C19H20N4O4S/c1-26-15-4-2-13(3-5-15)10-16-18(25)20-19-23(21-16)14(12-28-19)11-17(24)22-6-8-27-9-7-22/h2-5,12H,6-11H2,1H3. The zero-order valence-corrected chi connectivity index (χ0v) is 16.3. The van der Waals surface area contributed by atoms with Gasteiger partial charge in [0.15, 0.2) is 0 Å². The minimum Gasteiger partial charge on any atom is -0.497 e. The molecule has 4 rings (SSSR count). The van der Waals surface area contributed by atoms with Crippen molar-refractivity contribution in [2.45, 2.75) is 12.8 Å². The maximum absolute atomic E-state index is 12.6. The van der Waals surface area contributed by atoms with Crippen molar-refractivity contribution < 1.29 is 14.3 Å². The van der Waals surface area contributed by atoms with Gasteiger partial charge in [-0.2, -0.15) is 10.1 Å². The number of hydrogen-bond acceptors (Lipinski definition) is 7. The number of ether oxygens (including phenoxy) is 2. The van der Waals surface area contributed by atoms with Crippen LogP contribution in [0.4, 0.5) is 0 Å². The third-order valence-corrected chi connectivity index (χ3v) is 5.51. The van der Waals surface area contributed by atoms with Gasteiger partial charge < -0.3 is 14.4 Å². The maximum Gasteiger partial charge on any atom is 0.296 e. The molecule has 1 aliphatic rings. The Bertz CT molecular complexity index is 1040. The third kappa shape index (κ3) is 3.90. The van der Waals surface area contributed by atoms with Crippen molar-refractivity contribution in [1.29, 1.82) is 0 Å². The molecule has 0 spiro atoms. The smallest absolute Gasteiger partial charge is 0.296 e. The maximum atomic E-state index is 12.6. The quantitative estimate of drug-likeness (QED) is 0.639. The molecule has 1 fully saturated rings. The number of amides is 1. The van der Waals surface area contributed by atoms with E-state index in [2.05, 4.69) is 10.1 Å². The van der Waals surface area contributed by atoms with Gasteiger partial charge in [-0.05, 0) is 17.7 Å². The van der Waals surface area contributed by atoms with E-state index >= 15 is 0 Å². The zero-order chi connectivity index (χ0) is 19.5. The largest absolute Gasteiger partial charge is 0.497 e. The highest BCUT2D eigenvalue weighted by atomic mass is 32.1. The second-order valence-corrected chi connectivity index (χ2v) is 7.32. The van der Waals surface area contributed by atoms with Crippen LogP contribution in [-0.2, 0) is 22.4 Å². The summed E-state index contributed by atoms with van der Waals surface area (Å²) in [6, 6.07) is 7.47. The van der Waals surface area contributed by atoms with Crippen molar-refractivity contribution in [2.24, 2.45) is 0 Å². The first-order valence-corrected chi connectivity index (χ1v) is 9.87. The normalized spacial score (nSPS) is 14.4. The minimum absolute atomic E-state index is 0.0280. The highest BCUT2D eigenvalue weighted by Crippen LogP contribution is 2.16. The van der Waals surface area contributed by atoms with E-state index in [0.29, 0.717) is 43.4 Å². The lowest BCUT2D eigenvalue weighted by Crippen LogP contribution is -2.41. The predicted molar refractivity (Wildman–Crippen MR) is 104 cm³/mol. The molecule has 8 nitrogen and oxygen atoms in total. The summed E-state index contributed by atoms with van der Waals surface area (Å²) in [6.45, 7) is 2.33. The van der Waals surface area contributed by atoms with Crippen LogP contribution in [0.5, 0.6) is 5.75 Å². The summed E-state index contributed by atoms with van der Waals surface area (Å²) in [7, 11) is 1.61. The van der Waals surface area contributed by atoms with Gasteiger partial charge in [0.2, 0.25) is 10.9 Å². The molecule has 28 heavy (non-hydrogen) atoms. The Labute approximate surface area is 165 Å². The van der Waals surface area contributed by atoms with Crippen LogP contribution < -0.4 is 10.3 Å². The third-order valence-electron chi connectivity index (χ3n) is 4.65. The second kappa shape index (κ2) is 8.07. The van der Waals surface area contributed by atoms with Crippen LogP contribution in [0.15, 0.2) is 34.4 Å². The van der Waals surface area contributed by atoms with E-state index in [1.807, 2.05) is 29.6 Å². The molecule has 3 heterocycles. The van der Waals surface area contributed by atoms with E-state index in [9.17, 15) is 9.59 Å². The van der Waals surface area contributed by atoms with E-state index in [1.165, 1.54) is 11.3 Å². The number of carbonyl (C=O) groups is 1. The number of benzene rings is 1. The summed E-state index contributed by atoms with van der Waals surface area (Å²) >= 11 is 1.31. The van der Waals surface area contributed by atoms with Crippen LogP contribution >= 0.6 is 11.3 Å². The molecule has 9 heteroatoms. The van der Waals surface area contributed by atoms with E-state index in [1.54, 1.807) is 16.5 Å². The van der Waals surface area contributed by atoms with Crippen molar-refractivity contribution in [1.82, 2.24) is 19.5 Å². The van der Waals surface area contributed by atoms with Crippen molar-refractivity contribution in [2.75, 3.05) is 33.4 Å². The van der Waals surface area contributed by atoms with Gasteiger partial charge >= 0.3 is 0 Å². The van der Waals surface area contributed by atoms with Crippen molar-refractivity contribution in [3.63, 3.8) is 0 Å². The van der Waals surface area contributed by atoms with E-state index in [4.69, 9.17) is 9.47 Å². The van der Waals surface area contributed by atoms with Crippen molar-refractivity contribution in [3.05, 3.63) is 57.0 Å². The molecule has 0 bridgehead atoms. The summed E-state index contributed by atoms with van der Waals surface area (Å²) in [5.74, 6) is 0.781. The fourth-order valence-corrected chi connectivity index (χ4v) is 3.90. The predicted octanol–water partition coefficient (Wildman–Crippen LogP) is 1.15. The fourth-order valence-electron chi connectivity index (χ4n) is 3.08. The van der Waals surface area contributed by atoms with Crippen LogP contribution in [-0.4, -0.2) is 58.8 Å². The number of fused-ring (bicyclic) bond motifs is 1. The van der Waals surface area contributed by atoms with Crippen LogP contribution in [0.2, 0.25) is 0 Å². The fraction of sp³-hybridized carbons (Fsp3) is 0.368. The number of thiazole rings is 1. The second-order valence-electron chi connectivity index (χ2n) is 6.48. The summed E-state index contributed by atoms with van der Waals surface area (Å²) in [5.41, 5.74) is 1.68. The first-order chi connectivity index (χ1) is 13.6. The molecule has 0 saturated carbocycles. The Hall–Kier alpha value is -2.78. The van der Waals surface area contributed by atoms with Gasteiger partial charge in [0.05, 0.1) is 32.4 Å². The van der Waals surface area contributed by atoms with E-state index in [-0.39, 0.29) is 17.9 Å². The van der Waals surface area contributed by atoms with Crippen LogP contribution in [0.3, 0.4) is 0 Å². The van der Waals surface area contributed by atoms with Crippen molar-refractivity contribution in [3.8, 4) is 5.75 Å². The number of carbonyl (C=O) groups excluding carboxylic acids is 1. The van der Waals surface area contributed by atoms with Gasteiger partial charge in [-0.15, -0.1) is 11.3 Å². The average molecular weight is 400 g/mol. The summed E-state index contributed by atoms with van der Waals surface area (Å²) in [4.78, 5) is 31.3. The van der Waals surface area contributed by atoms with Gasteiger partial charge in [0, 0.05) is 24.9 Å². The number of morpholine rings is 1. The number of rotatable bonds is 5. The van der Waals surface area contributed by atoms with Crippen LogP contribution in [0.1, 0.15) is 17.0 Å². The average Bonchev–Trinajstić information content (AvgIpc) is 3.10. The Morgan fingerprint density at radius 3 is 2.71 bits per heavy atom. The van der Waals surface area contributed by atoms with Crippen molar-refractivity contribution >= 4 is 22.2 Å². The van der Waals surface area contributed by atoms with Gasteiger partial charge in [0.25, 0.3) is 5.56 Å². The monoisotopic (exact) mass is 400 g/mol. The molecule has 0 atom stereocenters. The molecule has 1 aromatic carbocycles. The molecule has 3 aromatic rings. The first kappa shape index (κ1) is 18.6. The molecule has 2 aromatic heterocycles. The molecule has 1 saturated heterocycles. The number of nitrogens with zero attached hydrogens (tertiary/aromatic N) is 4. The molecule has 0 aliphatic carbocycles. The van der Waals surface area contributed by atoms with Gasteiger partial charge in [-0.25, -0.2) is 4.52 Å². The lowest BCUT2D eigenvalue weighted by atomic mass is 10.1. The minimum atomic E-state index is -0.344. The molecular weight excluding hydrogens is 380 g/mol. The molecule has 1 amide bonds. The first-order valence-electron chi connectivity index (χ1n) is 8.99. The number of methoxy groups -OCH3 is 1. The Morgan fingerprint density at radius 2 is 2.00 bits per heavy atom. The molecule has 0 radical (unpaired) electrons. The molecule has 1 aliphatic heterocycles. The SMILES string of the molecule is COc1ccc(Cc2nn3c(CC(=O)N4CCOCC4)csc3nc2=O)cc1. The summed E-state index contributed by atoms with van der Waals surface area (Å²) in [6.07, 6.45) is 0.588. The van der Waals surface area contributed by atoms with Gasteiger partial charge in [-0.1, -0.05) is 12.1 Å².